The van der Waals surface area contributed by atoms with E-state index in [9.17, 15) is 31.1 Å². The molecule has 0 atom stereocenters. The quantitative estimate of drug-likeness (QED) is 0.183. The van der Waals surface area contributed by atoms with E-state index in [2.05, 4.69) is 5.32 Å². The zero-order chi connectivity index (χ0) is 34.3. The van der Waals surface area contributed by atoms with Crippen molar-refractivity contribution in [2.24, 2.45) is 11.7 Å². The van der Waals surface area contributed by atoms with E-state index in [0.29, 0.717) is 53.2 Å². The van der Waals surface area contributed by atoms with Crippen LogP contribution < -0.4 is 15.8 Å². The Morgan fingerprint density at radius 1 is 1.06 bits per heavy atom. The van der Waals surface area contributed by atoms with E-state index in [1.165, 1.54) is 0 Å². The first-order valence-electron chi connectivity index (χ1n) is 14.7. The van der Waals surface area contributed by atoms with Crippen molar-refractivity contribution in [3.8, 4) is 22.7 Å². The van der Waals surface area contributed by atoms with Crippen LogP contribution in [0, 0.1) is 12.8 Å². The molecule has 4 aromatic rings. The maximum atomic E-state index is 14.1. The van der Waals surface area contributed by atoms with Crippen LogP contribution in [0.2, 0.25) is 5.02 Å². The van der Waals surface area contributed by atoms with Gasteiger partial charge in [-0.15, -0.1) is 0 Å². The number of nitrogens with two attached hydrogens (primary N) is 1. The number of ether oxygens (including phenoxy) is 1. The van der Waals surface area contributed by atoms with Gasteiger partial charge in [0.2, 0.25) is 0 Å². The molecule has 3 aromatic carbocycles. The number of nitrogens with zero attached hydrogens (tertiary/aromatic N) is 3. The van der Waals surface area contributed by atoms with E-state index in [-0.39, 0.29) is 31.6 Å². The molecule has 2 heterocycles. The Bertz CT molecular complexity index is 1780. The molecule has 0 saturated heterocycles. The highest BCUT2D eigenvalue weighted by Crippen LogP contribution is 2.42. The Labute approximate surface area is 272 Å². The number of fused-ring (bicyclic) bond motifs is 1. The Kier molecular flexibility index (Phi) is 9.52. The summed E-state index contributed by atoms with van der Waals surface area (Å²) >= 11 is 6.12. The molecule has 0 radical (unpaired) electrons. The number of anilines is 1. The number of hydrogen-bond acceptors (Lipinski definition) is 4. The highest BCUT2D eigenvalue weighted by Gasteiger charge is 2.40. The van der Waals surface area contributed by atoms with Crippen molar-refractivity contribution in [1.82, 2.24) is 14.7 Å². The first-order valence-corrected chi connectivity index (χ1v) is 15.1. The highest BCUT2D eigenvalue weighted by molar-refractivity contribution is 6.31. The molecule has 47 heavy (non-hydrogen) atoms. The summed E-state index contributed by atoms with van der Waals surface area (Å²) in [7, 11) is 0. The molecule has 1 aliphatic rings. The van der Waals surface area contributed by atoms with Gasteiger partial charge in [0.25, 0.3) is 0 Å². The molecule has 1 aromatic heterocycles. The van der Waals surface area contributed by atoms with Crippen LogP contribution in [0.15, 0.2) is 54.6 Å². The molecule has 0 fully saturated rings. The van der Waals surface area contributed by atoms with Crippen LogP contribution in [-0.2, 0) is 31.9 Å². The normalized spacial score (nSPS) is 13.9. The number of hydrogen-bond donors (Lipinski definition) is 2. The van der Waals surface area contributed by atoms with Crippen molar-refractivity contribution >= 4 is 23.3 Å². The summed E-state index contributed by atoms with van der Waals surface area (Å²) in [5.41, 5.74) is 6.72. The van der Waals surface area contributed by atoms with Crippen LogP contribution in [0.1, 0.15) is 47.4 Å². The average molecular weight is 680 g/mol. The summed E-state index contributed by atoms with van der Waals surface area (Å²) < 4.78 is 90.3. The van der Waals surface area contributed by atoms with E-state index >= 15 is 0 Å². The van der Waals surface area contributed by atoms with Crippen LogP contribution in [0.3, 0.4) is 0 Å². The van der Waals surface area contributed by atoms with Gasteiger partial charge in [-0.2, -0.15) is 31.4 Å². The SMILES string of the molecule is Cc1cccc(OCC(C)C)c1-n1nc2c(c1-c1ccc(NC(N)=O)cc1)CN(Cc1c(Cl)cc(C(F)(F)F)cc1C(F)(F)F)CC2. The Morgan fingerprint density at radius 2 is 1.77 bits per heavy atom. The summed E-state index contributed by atoms with van der Waals surface area (Å²) in [5.74, 6) is 0.834. The zero-order valence-corrected chi connectivity index (χ0v) is 26.4. The van der Waals surface area contributed by atoms with Crippen LogP contribution >= 0.6 is 11.6 Å². The van der Waals surface area contributed by atoms with Crippen molar-refractivity contribution in [3.63, 3.8) is 0 Å². The first-order chi connectivity index (χ1) is 22.0. The molecule has 0 aliphatic carbocycles. The molecule has 0 unspecified atom stereocenters. The van der Waals surface area contributed by atoms with Gasteiger partial charge in [-0.1, -0.05) is 49.7 Å². The third-order valence-corrected chi connectivity index (χ3v) is 8.07. The Balaban J connectivity index is 1.61. The molecule has 0 spiro atoms. The second-order valence-electron chi connectivity index (χ2n) is 11.8. The fourth-order valence-corrected chi connectivity index (χ4v) is 5.87. The summed E-state index contributed by atoms with van der Waals surface area (Å²) in [6.07, 6.45) is -9.71. The molecule has 3 N–H and O–H groups in total. The van der Waals surface area contributed by atoms with E-state index < -0.39 is 40.1 Å². The van der Waals surface area contributed by atoms with Gasteiger partial charge >= 0.3 is 18.4 Å². The minimum atomic E-state index is -5.06. The minimum absolute atomic E-state index is 0.110. The Hall–Kier alpha value is -4.23. The highest BCUT2D eigenvalue weighted by atomic mass is 35.5. The molecule has 0 saturated carbocycles. The number of urea groups is 1. The Morgan fingerprint density at radius 3 is 2.38 bits per heavy atom. The van der Waals surface area contributed by atoms with Crippen LogP contribution in [0.4, 0.5) is 36.8 Å². The fourth-order valence-electron chi connectivity index (χ4n) is 5.59. The maximum Gasteiger partial charge on any atom is 0.416 e. The number of benzene rings is 3. The molecule has 1 aliphatic heterocycles. The van der Waals surface area contributed by atoms with Gasteiger partial charge in [-0.25, -0.2) is 9.48 Å². The second-order valence-corrected chi connectivity index (χ2v) is 12.2. The molecule has 2 amide bonds. The standard InChI is InChI=1S/C33H32ClF6N5O2/c1-18(2)17-47-28-6-4-5-19(3)29(28)45-30(20-7-9-22(10-8-20)42-31(41)46)24-16-44(12-11-27(24)43-45)15-23-25(33(38,39)40)13-21(14-26(23)34)32(35,36)37/h4-10,13-14,18H,11-12,15-17H2,1-3H3,(H3,41,42,46). The molecular formula is C33H32ClF6N5O2. The van der Waals surface area contributed by atoms with E-state index in [1.54, 1.807) is 33.8 Å². The van der Waals surface area contributed by atoms with Gasteiger partial charge in [-0.3, -0.25) is 4.90 Å². The number of aromatic nitrogens is 2. The van der Waals surface area contributed by atoms with Crippen LogP contribution in [-0.4, -0.2) is 33.9 Å². The number of carbonyl (C=O) groups excluding carboxylic acids is 1. The molecule has 0 bridgehead atoms. The zero-order valence-electron chi connectivity index (χ0n) is 25.7. The number of para-hydroxylation sites is 1. The lowest BCUT2D eigenvalue weighted by molar-refractivity contribution is -0.143. The molecule has 7 nitrogen and oxygen atoms in total. The predicted molar refractivity (Wildman–Crippen MR) is 167 cm³/mol. The monoisotopic (exact) mass is 679 g/mol. The topological polar surface area (TPSA) is 85.4 Å². The fraction of sp³-hybridized carbons (Fsp3) is 0.333. The van der Waals surface area contributed by atoms with Gasteiger partial charge in [0.05, 0.1) is 29.1 Å². The first kappa shape index (κ1) is 34.1. The van der Waals surface area contributed by atoms with Gasteiger partial charge < -0.3 is 15.8 Å². The van der Waals surface area contributed by atoms with Crippen molar-refractivity contribution in [3.05, 3.63) is 93.1 Å². The lowest BCUT2D eigenvalue weighted by Gasteiger charge is -2.29. The number of rotatable bonds is 8. The van der Waals surface area contributed by atoms with Gasteiger partial charge in [0, 0.05) is 47.9 Å². The summed E-state index contributed by atoms with van der Waals surface area (Å²) in [6.45, 7) is 6.49. The van der Waals surface area contributed by atoms with E-state index in [1.807, 2.05) is 39.0 Å². The van der Waals surface area contributed by atoms with E-state index in [0.717, 1.165) is 11.1 Å². The van der Waals surface area contributed by atoms with Crippen LogP contribution in [0.25, 0.3) is 16.9 Å². The summed E-state index contributed by atoms with van der Waals surface area (Å²) in [4.78, 5) is 13.1. The number of primary amides is 1. The second kappa shape index (κ2) is 13.1. The average Bonchev–Trinajstić information content (AvgIpc) is 3.34. The number of aryl methyl sites for hydroxylation is 1. The van der Waals surface area contributed by atoms with Gasteiger partial charge in [0.1, 0.15) is 11.4 Å². The van der Waals surface area contributed by atoms with Crippen LogP contribution in [0.5, 0.6) is 5.75 Å². The number of amides is 2. The summed E-state index contributed by atoms with van der Waals surface area (Å²) in [5, 5.41) is 6.86. The smallest absolute Gasteiger partial charge is 0.416 e. The predicted octanol–water partition coefficient (Wildman–Crippen LogP) is 8.62. The minimum Gasteiger partial charge on any atom is -0.491 e. The lowest BCUT2D eigenvalue weighted by Crippen LogP contribution is -2.31. The lowest BCUT2D eigenvalue weighted by atomic mass is 9.98. The number of alkyl halides is 6. The maximum absolute atomic E-state index is 14.1. The van der Waals surface area contributed by atoms with Crippen molar-refractivity contribution in [2.45, 2.75) is 52.6 Å². The van der Waals surface area contributed by atoms with Gasteiger partial charge in [-0.05, 0) is 54.3 Å². The largest absolute Gasteiger partial charge is 0.491 e. The van der Waals surface area contributed by atoms with Crippen molar-refractivity contribution in [2.75, 3.05) is 18.5 Å². The number of halogens is 7. The third kappa shape index (κ3) is 7.51. The molecule has 5 rings (SSSR count). The molecular weight excluding hydrogens is 648 g/mol. The van der Waals surface area contributed by atoms with Gasteiger partial charge in [0.15, 0.2) is 0 Å². The molecule has 14 heteroatoms. The molecule has 250 valence electrons. The number of carbonyl (C=O) groups is 1. The van der Waals surface area contributed by atoms with Crippen molar-refractivity contribution < 1.29 is 35.9 Å². The van der Waals surface area contributed by atoms with E-state index in [4.69, 9.17) is 27.2 Å². The number of nitrogens with one attached hydrogen (secondary N) is 1. The third-order valence-electron chi connectivity index (χ3n) is 7.73. The van der Waals surface area contributed by atoms with Crippen molar-refractivity contribution in [1.29, 1.82) is 0 Å². The summed E-state index contributed by atoms with van der Waals surface area (Å²) in [6, 6.07) is 12.4.